The molecule has 2 aromatic carbocycles. The number of benzene rings is 2. The molecule has 5 nitrogen and oxygen atoms in total. The maximum Gasteiger partial charge on any atom is 0.254 e. The second-order valence-electron chi connectivity index (χ2n) is 6.44. The molecule has 0 saturated carbocycles. The van der Waals surface area contributed by atoms with Gasteiger partial charge in [0, 0.05) is 24.7 Å². The Labute approximate surface area is 151 Å². The second-order valence-corrected chi connectivity index (χ2v) is 6.44. The summed E-state index contributed by atoms with van der Waals surface area (Å²) in [6.07, 6.45) is 2.31. The Hall–Kier alpha value is -3.21. The molecule has 0 unspecified atom stereocenters. The summed E-state index contributed by atoms with van der Waals surface area (Å²) in [5.41, 5.74) is 3.76. The third kappa shape index (κ3) is 3.28. The first-order valence-corrected chi connectivity index (χ1v) is 8.67. The van der Waals surface area contributed by atoms with Crippen LogP contribution in [-0.2, 0) is 24.3 Å². The molecule has 1 aromatic heterocycles. The van der Waals surface area contributed by atoms with E-state index in [1.165, 1.54) is 28.1 Å². The molecule has 3 aromatic rings. The highest BCUT2D eigenvalue weighted by molar-refractivity contribution is 5.76. The third-order valence-electron chi connectivity index (χ3n) is 4.74. The largest absolute Gasteiger partial charge is 0.336 e. The molecule has 130 valence electrons. The molecule has 26 heavy (non-hydrogen) atoms. The van der Waals surface area contributed by atoms with Crippen molar-refractivity contribution in [2.45, 2.75) is 19.5 Å². The normalized spacial score (nSPS) is 13.3. The van der Waals surface area contributed by atoms with Crippen molar-refractivity contribution in [3.8, 4) is 11.3 Å². The lowest BCUT2D eigenvalue weighted by molar-refractivity contribution is -0.132. The highest BCUT2D eigenvalue weighted by Crippen LogP contribution is 2.18. The van der Waals surface area contributed by atoms with Gasteiger partial charge in [-0.2, -0.15) is 0 Å². The summed E-state index contributed by atoms with van der Waals surface area (Å²) in [4.78, 5) is 31.1. The molecule has 0 atom stereocenters. The number of fused-ring (bicyclic) bond motifs is 1. The van der Waals surface area contributed by atoms with Crippen LogP contribution in [-0.4, -0.2) is 26.9 Å². The maximum absolute atomic E-state index is 12.6. The molecule has 1 amide bonds. The van der Waals surface area contributed by atoms with Gasteiger partial charge in [-0.3, -0.25) is 14.2 Å². The van der Waals surface area contributed by atoms with E-state index < -0.39 is 0 Å². The number of rotatable bonds is 3. The van der Waals surface area contributed by atoms with Gasteiger partial charge in [-0.15, -0.1) is 0 Å². The first kappa shape index (κ1) is 16.3. The summed E-state index contributed by atoms with van der Waals surface area (Å²) in [5.74, 6) is -0.0594. The SMILES string of the molecule is O=C(Cn1cnc(-c2ccccc2)cc1=O)N1CCc2ccccc2C1. The van der Waals surface area contributed by atoms with Gasteiger partial charge in [0.15, 0.2) is 0 Å². The number of hydrogen-bond acceptors (Lipinski definition) is 3. The molecule has 0 spiro atoms. The summed E-state index contributed by atoms with van der Waals surface area (Å²) in [5, 5.41) is 0. The maximum atomic E-state index is 12.6. The van der Waals surface area contributed by atoms with Gasteiger partial charge in [-0.25, -0.2) is 4.98 Å². The monoisotopic (exact) mass is 345 g/mol. The first-order valence-electron chi connectivity index (χ1n) is 8.67. The average Bonchev–Trinajstić information content (AvgIpc) is 2.69. The number of amides is 1. The Kier molecular flexibility index (Phi) is 4.35. The van der Waals surface area contributed by atoms with Crippen LogP contribution in [0.2, 0.25) is 0 Å². The van der Waals surface area contributed by atoms with E-state index in [-0.39, 0.29) is 18.0 Å². The second kappa shape index (κ2) is 6.96. The van der Waals surface area contributed by atoms with E-state index in [1.54, 1.807) is 4.90 Å². The molecular weight excluding hydrogens is 326 g/mol. The predicted molar refractivity (Wildman–Crippen MR) is 99.5 cm³/mol. The van der Waals surface area contributed by atoms with Crippen molar-refractivity contribution in [3.63, 3.8) is 0 Å². The number of aromatic nitrogens is 2. The highest BCUT2D eigenvalue weighted by atomic mass is 16.2. The number of carbonyl (C=O) groups excluding carboxylic acids is 1. The highest BCUT2D eigenvalue weighted by Gasteiger charge is 2.20. The van der Waals surface area contributed by atoms with Crippen LogP contribution < -0.4 is 5.56 Å². The van der Waals surface area contributed by atoms with Crippen molar-refractivity contribution in [2.24, 2.45) is 0 Å². The summed E-state index contributed by atoms with van der Waals surface area (Å²) in [6.45, 7) is 1.29. The predicted octanol–water partition coefficient (Wildman–Crippen LogP) is 2.50. The van der Waals surface area contributed by atoms with Gasteiger partial charge in [-0.1, -0.05) is 54.6 Å². The van der Waals surface area contributed by atoms with Crippen molar-refractivity contribution in [1.29, 1.82) is 0 Å². The Morgan fingerprint density at radius 1 is 1.00 bits per heavy atom. The molecule has 1 aliphatic heterocycles. The van der Waals surface area contributed by atoms with Crippen LogP contribution in [0.4, 0.5) is 0 Å². The number of carbonyl (C=O) groups is 1. The van der Waals surface area contributed by atoms with Gasteiger partial charge in [0.2, 0.25) is 5.91 Å². The minimum absolute atomic E-state index is 0.0169. The number of hydrogen-bond donors (Lipinski definition) is 0. The smallest absolute Gasteiger partial charge is 0.254 e. The van der Waals surface area contributed by atoms with E-state index in [9.17, 15) is 9.59 Å². The lowest BCUT2D eigenvalue weighted by Crippen LogP contribution is -2.39. The van der Waals surface area contributed by atoms with E-state index in [1.807, 2.05) is 42.5 Å². The fourth-order valence-electron chi connectivity index (χ4n) is 3.27. The molecule has 1 aliphatic rings. The standard InChI is InChI=1S/C21H19N3O2/c25-20-12-19(17-7-2-1-3-8-17)22-15-24(20)14-21(26)23-11-10-16-6-4-5-9-18(16)13-23/h1-9,12,15H,10-11,13-14H2. The van der Waals surface area contributed by atoms with Crippen LogP contribution in [0.25, 0.3) is 11.3 Å². The zero-order valence-corrected chi connectivity index (χ0v) is 14.3. The van der Waals surface area contributed by atoms with E-state index in [0.29, 0.717) is 18.8 Å². The Morgan fingerprint density at radius 2 is 1.73 bits per heavy atom. The first-order chi connectivity index (χ1) is 12.7. The van der Waals surface area contributed by atoms with Gasteiger partial charge in [-0.05, 0) is 17.5 Å². The Bertz CT molecular complexity index is 995. The third-order valence-corrected chi connectivity index (χ3v) is 4.74. The van der Waals surface area contributed by atoms with Crippen LogP contribution in [0.15, 0.2) is 71.8 Å². The topological polar surface area (TPSA) is 55.2 Å². The van der Waals surface area contributed by atoms with Crippen LogP contribution in [0.5, 0.6) is 0 Å². The summed E-state index contributed by atoms with van der Waals surface area (Å²) >= 11 is 0. The zero-order valence-electron chi connectivity index (χ0n) is 14.3. The molecule has 0 N–H and O–H groups in total. The van der Waals surface area contributed by atoms with Crippen LogP contribution in [0.1, 0.15) is 11.1 Å². The fourth-order valence-corrected chi connectivity index (χ4v) is 3.27. The summed E-state index contributed by atoms with van der Waals surface area (Å²) < 4.78 is 1.37. The fraction of sp³-hybridized carbons (Fsp3) is 0.190. The minimum Gasteiger partial charge on any atom is -0.336 e. The molecule has 0 radical (unpaired) electrons. The Balaban J connectivity index is 1.49. The molecule has 5 heteroatoms. The van der Waals surface area contributed by atoms with Crippen LogP contribution in [0.3, 0.4) is 0 Å². The van der Waals surface area contributed by atoms with Gasteiger partial charge >= 0.3 is 0 Å². The van der Waals surface area contributed by atoms with Crippen LogP contribution in [0, 0.1) is 0 Å². The Morgan fingerprint density at radius 3 is 2.50 bits per heavy atom. The molecular formula is C21H19N3O2. The molecule has 2 heterocycles. The van der Waals surface area contributed by atoms with Crippen molar-refractivity contribution in [3.05, 3.63) is 88.5 Å². The zero-order chi connectivity index (χ0) is 17.9. The molecule has 0 fully saturated rings. The number of nitrogens with zero attached hydrogens (tertiary/aromatic N) is 3. The van der Waals surface area contributed by atoms with Crippen molar-refractivity contribution < 1.29 is 4.79 Å². The van der Waals surface area contributed by atoms with Crippen LogP contribution >= 0.6 is 0 Å². The van der Waals surface area contributed by atoms with E-state index >= 15 is 0 Å². The van der Waals surface area contributed by atoms with E-state index in [4.69, 9.17) is 0 Å². The van der Waals surface area contributed by atoms with Gasteiger partial charge < -0.3 is 4.90 Å². The van der Waals surface area contributed by atoms with E-state index in [2.05, 4.69) is 17.1 Å². The molecule has 0 aliphatic carbocycles. The van der Waals surface area contributed by atoms with Gasteiger partial charge in [0.05, 0.1) is 12.0 Å². The molecule has 0 bridgehead atoms. The quantitative estimate of drug-likeness (QED) is 0.733. The lowest BCUT2D eigenvalue weighted by atomic mass is 10.00. The summed E-state index contributed by atoms with van der Waals surface area (Å²) in [6, 6.07) is 19.2. The minimum atomic E-state index is -0.218. The molecule has 4 rings (SSSR count). The average molecular weight is 345 g/mol. The summed E-state index contributed by atoms with van der Waals surface area (Å²) in [7, 11) is 0. The molecule has 0 saturated heterocycles. The van der Waals surface area contributed by atoms with Gasteiger partial charge in [0.1, 0.15) is 6.54 Å². The van der Waals surface area contributed by atoms with E-state index in [0.717, 1.165) is 12.0 Å². The lowest BCUT2D eigenvalue weighted by Gasteiger charge is -2.29. The van der Waals surface area contributed by atoms with Crippen molar-refractivity contribution in [2.75, 3.05) is 6.54 Å². The van der Waals surface area contributed by atoms with Crippen molar-refractivity contribution in [1.82, 2.24) is 14.5 Å². The van der Waals surface area contributed by atoms with Gasteiger partial charge in [0.25, 0.3) is 5.56 Å². The van der Waals surface area contributed by atoms with Crippen molar-refractivity contribution >= 4 is 5.91 Å².